The van der Waals surface area contributed by atoms with Crippen molar-refractivity contribution in [1.29, 1.82) is 0 Å². The van der Waals surface area contributed by atoms with E-state index >= 15 is 0 Å². The molecule has 1 heterocycles. The quantitative estimate of drug-likeness (QED) is 0.891. The van der Waals surface area contributed by atoms with Crippen LogP contribution in [0.25, 0.3) is 0 Å². The molecule has 0 aliphatic carbocycles. The van der Waals surface area contributed by atoms with E-state index in [1.54, 1.807) is 6.07 Å². The minimum atomic E-state index is -0.0479. The topological polar surface area (TPSA) is 44.4 Å². The fourth-order valence-corrected chi connectivity index (χ4v) is 2.23. The van der Waals surface area contributed by atoms with Gasteiger partial charge in [-0.25, -0.2) is 4.79 Å². The lowest BCUT2D eigenvalue weighted by molar-refractivity contribution is 0.161. The number of nitrogens with zero attached hydrogens (tertiary/aromatic N) is 1. The molecule has 0 radical (unpaired) electrons. The highest BCUT2D eigenvalue weighted by Gasteiger charge is 2.27. The van der Waals surface area contributed by atoms with Gasteiger partial charge in [-0.3, -0.25) is 0 Å². The summed E-state index contributed by atoms with van der Waals surface area (Å²) in [5.41, 5.74) is 1.75. The fraction of sp³-hybridized carbons (Fsp3) is 0.500. The van der Waals surface area contributed by atoms with Gasteiger partial charge in [0.2, 0.25) is 0 Å². The molecule has 1 aromatic rings. The molecule has 1 saturated heterocycles. The zero-order valence-electron chi connectivity index (χ0n) is 11.4. The van der Waals surface area contributed by atoms with Crippen LogP contribution in [0.2, 0.25) is 5.02 Å². The molecule has 1 fully saturated rings. The number of carbonyl (C=O) groups excluding carboxylic acids is 1. The van der Waals surface area contributed by atoms with Crippen LogP contribution in [0.5, 0.6) is 0 Å². The van der Waals surface area contributed by atoms with E-state index in [9.17, 15) is 4.79 Å². The van der Waals surface area contributed by atoms with Crippen molar-refractivity contribution in [1.82, 2.24) is 10.2 Å². The molecular formula is C14H20ClN3O. The number of nitrogens with one attached hydrogen (secondary N) is 2. The monoisotopic (exact) mass is 281 g/mol. The lowest BCUT2D eigenvalue weighted by Crippen LogP contribution is -2.59. The Hall–Kier alpha value is -1.26. The Bertz CT molecular complexity index is 460. The van der Waals surface area contributed by atoms with E-state index < -0.39 is 0 Å². The van der Waals surface area contributed by atoms with Crippen molar-refractivity contribution in [3.63, 3.8) is 0 Å². The van der Waals surface area contributed by atoms with Gasteiger partial charge in [-0.05, 0) is 31.0 Å². The number of hydrogen-bond acceptors (Lipinski definition) is 2. The van der Waals surface area contributed by atoms with Gasteiger partial charge in [0.15, 0.2) is 0 Å². The molecule has 2 rings (SSSR count). The van der Waals surface area contributed by atoms with E-state index in [4.69, 9.17) is 11.6 Å². The normalized spacial score (nSPS) is 14.9. The van der Waals surface area contributed by atoms with E-state index in [0.717, 1.165) is 37.3 Å². The standard InChI is InChI=1S/C14H20ClN3O/c1-3-6-18(12-8-16-9-12)14(19)17-11-5-4-10(2)13(15)7-11/h4-5,7,12,16H,3,6,8-9H2,1-2H3,(H,17,19). The second kappa shape index (κ2) is 6.26. The average molecular weight is 282 g/mol. The first-order valence-electron chi connectivity index (χ1n) is 6.66. The van der Waals surface area contributed by atoms with E-state index in [1.807, 2.05) is 24.0 Å². The second-order valence-electron chi connectivity index (χ2n) is 4.90. The zero-order chi connectivity index (χ0) is 13.8. The Morgan fingerprint density at radius 1 is 1.53 bits per heavy atom. The maximum absolute atomic E-state index is 12.3. The van der Waals surface area contributed by atoms with Crippen LogP contribution in [0.3, 0.4) is 0 Å². The number of urea groups is 1. The van der Waals surface area contributed by atoms with Crippen LogP contribution in [-0.4, -0.2) is 36.6 Å². The molecule has 0 unspecified atom stereocenters. The van der Waals surface area contributed by atoms with E-state index in [-0.39, 0.29) is 6.03 Å². The van der Waals surface area contributed by atoms with Crippen molar-refractivity contribution < 1.29 is 4.79 Å². The third-order valence-corrected chi connectivity index (χ3v) is 3.76. The Morgan fingerprint density at radius 2 is 2.26 bits per heavy atom. The summed E-state index contributed by atoms with van der Waals surface area (Å²) in [6.45, 7) is 6.55. The molecule has 0 aromatic heterocycles. The third-order valence-electron chi connectivity index (χ3n) is 3.35. The highest BCUT2D eigenvalue weighted by Crippen LogP contribution is 2.20. The van der Waals surface area contributed by atoms with E-state index in [0.29, 0.717) is 11.1 Å². The van der Waals surface area contributed by atoms with E-state index in [1.165, 1.54) is 0 Å². The van der Waals surface area contributed by atoms with Crippen molar-refractivity contribution in [3.8, 4) is 0 Å². The van der Waals surface area contributed by atoms with Crippen LogP contribution < -0.4 is 10.6 Å². The summed E-state index contributed by atoms with van der Waals surface area (Å²) in [5.74, 6) is 0. The lowest BCUT2D eigenvalue weighted by atomic mass is 10.1. The molecule has 1 aliphatic rings. The summed E-state index contributed by atoms with van der Waals surface area (Å²) < 4.78 is 0. The van der Waals surface area contributed by atoms with Crippen molar-refractivity contribution in [2.45, 2.75) is 26.3 Å². The molecule has 0 spiro atoms. The van der Waals surface area contributed by atoms with Gasteiger partial charge < -0.3 is 15.5 Å². The lowest BCUT2D eigenvalue weighted by Gasteiger charge is -2.38. The van der Waals surface area contributed by atoms with Crippen LogP contribution in [0.4, 0.5) is 10.5 Å². The highest BCUT2D eigenvalue weighted by molar-refractivity contribution is 6.31. The van der Waals surface area contributed by atoms with Gasteiger partial charge >= 0.3 is 6.03 Å². The molecule has 19 heavy (non-hydrogen) atoms. The van der Waals surface area contributed by atoms with Gasteiger partial charge in [0.05, 0.1) is 6.04 Å². The van der Waals surface area contributed by atoms with Crippen LogP contribution in [0, 0.1) is 6.92 Å². The number of rotatable bonds is 4. The average Bonchev–Trinajstić information content (AvgIpc) is 2.31. The molecule has 5 heteroatoms. The molecule has 0 bridgehead atoms. The molecule has 1 aromatic carbocycles. The van der Waals surface area contributed by atoms with Crippen molar-refractivity contribution >= 4 is 23.3 Å². The molecule has 1 aliphatic heterocycles. The number of benzene rings is 1. The minimum absolute atomic E-state index is 0.0479. The smallest absolute Gasteiger partial charge is 0.319 e. The predicted molar refractivity (Wildman–Crippen MR) is 78.9 cm³/mol. The zero-order valence-corrected chi connectivity index (χ0v) is 12.1. The highest BCUT2D eigenvalue weighted by atomic mass is 35.5. The molecule has 104 valence electrons. The van der Waals surface area contributed by atoms with Gasteiger partial charge in [-0.1, -0.05) is 24.6 Å². The summed E-state index contributed by atoms with van der Waals surface area (Å²) in [6.07, 6.45) is 0.957. The predicted octanol–water partition coefficient (Wildman–Crippen LogP) is 2.86. The molecule has 2 amide bonds. The first kappa shape index (κ1) is 14.2. The van der Waals surface area contributed by atoms with Crippen molar-refractivity contribution in [2.24, 2.45) is 0 Å². The SMILES string of the molecule is CCCN(C(=O)Nc1ccc(C)c(Cl)c1)C1CNC1. The van der Waals surface area contributed by atoms with Crippen LogP contribution in [0.1, 0.15) is 18.9 Å². The molecular weight excluding hydrogens is 262 g/mol. The maximum atomic E-state index is 12.3. The molecule has 0 saturated carbocycles. The number of anilines is 1. The van der Waals surface area contributed by atoms with Gasteiger partial charge in [-0.15, -0.1) is 0 Å². The Labute approximate surface area is 119 Å². The molecule has 0 atom stereocenters. The van der Waals surface area contributed by atoms with E-state index in [2.05, 4.69) is 17.6 Å². The Balaban J connectivity index is 2.03. The largest absolute Gasteiger partial charge is 0.322 e. The van der Waals surface area contributed by atoms with Gasteiger partial charge in [0, 0.05) is 30.3 Å². The minimum Gasteiger partial charge on any atom is -0.319 e. The number of amides is 2. The van der Waals surface area contributed by atoms with Crippen LogP contribution in [-0.2, 0) is 0 Å². The van der Waals surface area contributed by atoms with Gasteiger partial charge in [0.1, 0.15) is 0 Å². The first-order chi connectivity index (χ1) is 9.11. The fourth-order valence-electron chi connectivity index (χ4n) is 2.05. The number of hydrogen-bond donors (Lipinski definition) is 2. The number of aryl methyl sites for hydroxylation is 1. The first-order valence-corrected chi connectivity index (χ1v) is 7.04. The Morgan fingerprint density at radius 3 is 2.79 bits per heavy atom. The third kappa shape index (κ3) is 3.39. The summed E-state index contributed by atoms with van der Waals surface area (Å²) in [4.78, 5) is 14.2. The molecule has 4 nitrogen and oxygen atoms in total. The summed E-state index contributed by atoms with van der Waals surface area (Å²) in [6, 6.07) is 5.84. The van der Waals surface area contributed by atoms with Crippen molar-refractivity contribution in [3.05, 3.63) is 28.8 Å². The number of carbonyl (C=O) groups is 1. The van der Waals surface area contributed by atoms with Crippen LogP contribution >= 0.6 is 11.6 Å². The second-order valence-corrected chi connectivity index (χ2v) is 5.31. The summed E-state index contributed by atoms with van der Waals surface area (Å²) in [7, 11) is 0. The van der Waals surface area contributed by atoms with Crippen molar-refractivity contribution in [2.75, 3.05) is 25.0 Å². The Kier molecular flexibility index (Phi) is 4.66. The maximum Gasteiger partial charge on any atom is 0.322 e. The number of halogens is 1. The molecule has 2 N–H and O–H groups in total. The summed E-state index contributed by atoms with van der Waals surface area (Å²) in [5, 5.41) is 6.78. The van der Waals surface area contributed by atoms with Gasteiger partial charge in [0.25, 0.3) is 0 Å². The van der Waals surface area contributed by atoms with Crippen LogP contribution in [0.15, 0.2) is 18.2 Å². The van der Waals surface area contributed by atoms with Gasteiger partial charge in [-0.2, -0.15) is 0 Å². The summed E-state index contributed by atoms with van der Waals surface area (Å²) >= 11 is 6.06.